The van der Waals surface area contributed by atoms with Crippen LogP contribution in [0.3, 0.4) is 0 Å². The van der Waals surface area contributed by atoms with E-state index < -0.39 is 0 Å². The van der Waals surface area contributed by atoms with Gasteiger partial charge >= 0.3 is 0 Å². The summed E-state index contributed by atoms with van der Waals surface area (Å²) in [4.78, 5) is 26.3. The first-order chi connectivity index (χ1) is 13.5. The molecule has 138 valence electrons. The molecule has 0 saturated carbocycles. The smallest absolute Gasteiger partial charge is 0.194 e. The number of benzene rings is 4. The molecule has 0 bridgehead atoms. The number of fused-ring (bicyclic) bond motifs is 4. The topological polar surface area (TPSA) is 34.1 Å². The number of hydrogen-bond donors (Lipinski definition) is 0. The van der Waals surface area contributed by atoms with Crippen molar-refractivity contribution < 1.29 is 9.59 Å². The standard InChI is InChI=1S/C24H16O2.C2H6/c1-13-7-17-11-21-22(12-18(17)8-14(13)2)24(26)20-10-16-6-4-3-5-15(16)9-19(20)23(21)25;1-2/h3-12H,1-2H3;1-2H3. The highest BCUT2D eigenvalue weighted by Crippen LogP contribution is 2.33. The van der Waals surface area contributed by atoms with Crippen molar-refractivity contribution in [3.8, 4) is 0 Å². The van der Waals surface area contributed by atoms with Crippen molar-refractivity contribution >= 4 is 33.1 Å². The summed E-state index contributed by atoms with van der Waals surface area (Å²) in [5, 5.41) is 3.95. The van der Waals surface area contributed by atoms with Crippen molar-refractivity contribution in [1.29, 1.82) is 0 Å². The van der Waals surface area contributed by atoms with Crippen LogP contribution in [0.2, 0.25) is 0 Å². The molecule has 2 heteroatoms. The molecular weight excluding hydrogens is 344 g/mol. The molecule has 0 radical (unpaired) electrons. The van der Waals surface area contributed by atoms with Crippen LogP contribution in [0.1, 0.15) is 56.8 Å². The fourth-order valence-corrected chi connectivity index (χ4v) is 3.86. The van der Waals surface area contributed by atoms with E-state index in [2.05, 4.69) is 26.0 Å². The molecule has 4 aromatic rings. The third-order valence-electron chi connectivity index (χ3n) is 5.45. The summed E-state index contributed by atoms with van der Waals surface area (Å²) in [6.45, 7) is 8.12. The van der Waals surface area contributed by atoms with Gasteiger partial charge in [0.25, 0.3) is 0 Å². The van der Waals surface area contributed by atoms with Gasteiger partial charge in [-0.3, -0.25) is 9.59 Å². The van der Waals surface area contributed by atoms with E-state index in [1.54, 1.807) is 0 Å². The zero-order chi connectivity index (χ0) is 20.0. The molecular formula is C26H22O2. The lowest BCUT2D eigenvalue weighted by Crippen LogP contribution is -2.21. The Morgan fingerprint density at radius 3 is 1.18 bits per heavy atom. The monoisotopic (exact) mass is 366 g/mol. The van der Waals surface area contributed by atoms with Crippen molar-refractivity contribution in [3.05, 3.63) is 94.0 Å². The maximum Gasteiger partial charge on any atom is 0.194 e. The summed E-state index contributed by atoms with van der Waals surface area (Å²) in [5.41, 5.74) is 4.38. The van der Waals surface area contributed by atoms with Crippen LogP contribution in [0, 0.1) is 13.8 Å². The molecule has 0 spiro atoms. The van der Waals surface area contributed by atoms with Crippen LogP contribution in [0.15, 0.2) is 60.7 Å². The minimum Gasteiger partial charge on any atom is -0.289 e. The molecule has 4 aromatic carbocycles. The number of aryl methyl sites for hydroxylation is 2. The summed E-state index contributed by atoms with van der Waals surface area (Å²) in [6, 6.07) is 19.4. The first kappa shape index (κ1) is 18.1. The van der Waals surface area contributed by atoms with E-state index in [-0.39, 0.29) is 11.6 Å². The molecule has 0 aromatic heterocycles. The minimum atomic E-state index is -0.0690. The Morgan fingerprint density at radius 1 is 0.500 bits per heavy atom. The average molecular weight is 366 g/mol. The molecule has 5 rings (SSSR count). The third kappa shape index (κ3) is 2.65. The van der Waals surface area contributed by atoms with Gasteiger partial charge in [-0.2, -0.15) is 0 Å². The predicted octanol–water partition coefficient (Wildman–Crippen LogP) is 6.41. The molecule has 0 aliphatic heterocycles. The normalized spacial score (nSPS) is 12.4. The molecule has 1 aliphatic carbocycles. The second kappa shape index (κ2) is 6.72. The lowest BCUT2D eigenvalue weighted by molar-refractivity contribution is 0.0979. The predicted molar refractivity (Wildman–Crippen MR) is 116 cm³/mol. The molecule has 0 saturated heterocycles. The highest BCUT2D eigenvalue weighted by atomic mass is 16.1. The Kier molecular flexibility index (Phi) is 4.35. The van der Waals surface area contributed by atoms with Crippen molar-refractivity contribution in [3.63, 3.8) is 0 Å². The Labute approximate surface area is 164 Å². The molecule has 0 heterocycles. The fraction of sp³-hybridized carbons (Fsp3) is 0.154. The van der Waals surface area contributed by atoms with Gasteiger partial charge in [0, 0.05) is 22.3 Å². The first-order valence-electron chi connectivity index (χ1n) is 9.70. The van der Waals surface area contributed by atoms with E-state index in [0.717, 1.165) is 21.5 Å². The second-order valence-corrected chi connectivity index (χ2v) is 7.08. The Balaban J connectivity index is 0.000000932. The SMILES string of the molecule is CC.Cc1cc2cc3c(cc2cc1C)C(=O)c1cc2ccccc2cc1C3=O. The summed E-state index contributed by atoms with van der Waals surface area (Å²) >= 11 is 0. The summed E-state index contributed by atoms with van der Waals surface area (Å²) in [6.07, 6.45) is 0. The zero-order valence-electron chi connectivity index (χ0n) is 16.6. The second-order valence-electron chi connectivity index (χ2n) is 7.08. The van der Waals surface area contributed by atoms with Crippen LogP contribution in [0.25, 0.3) is 21.5 Å². The number of carbonyl (C=O) groups excluding carboxylic acids is 2. The maximum atomic E-state index is 13.1. The van der Waals surface area contributed by atoms with Gasteiger partial charge in [0.15, 0.2) is 11.6 Å². The van der Waals surface area contributed by atoms with E-state index in [1.165, 1.54) is 11.1 Å². The quantitative estimate of drug-likeness (QED) is 0.317. The summed E-state index contributed by atoms with van der Waals surface area (Å²) < 4.78 is 0. The van der Waals surface area contributed by atoms with Crippen LogP contribution >= 0.6 is 0 Å². The van der Waals surface area contributed by atoms with Gasteiger partial charge in [0.2, 0.25) is 0 Å². The van der Waals surface area contributed by atoms with Crippen LogP contribution in [0.5, 0.6) is 0 Å². The van der Waals surface area contributed by atoms with Crippen LogP contribution in [0.4, 0.5) is 0 Å². The van der Waals surface area contributed by atoms with E-state index >= 15 is 0 Å². The number of ketones is 2. The number of rotatable bonds is 0. The van der Waals surface area contributed by atoms with Crippen LogP contribution in [-0.4, -0.2) is 11.6 Å². The van der Waals surface area contributed by atoms with Gasteiger partial charge < -0.3 is 0 Å². The number of hydrogen-bond acceptors (Lipinski definition) is 2. The Morgan fingerprint density at radius 2 is 0.821 bits per heavy atom. The molecule has 0 amide bonds. The van der Waals surface area contributed by atoms with Gasteiger partial charge in [-0.05, 0) is 70.8 Å². The van der Waals surface area contributed by atoms with E-state index in [4.69, 9.17) is 0 Å². The highest BCUT2D eigenvalue weighted by Gasteiger charge is 2.30. The highest BCUT2D eigenvalue weighted by molar-refractivity contribution is 6.30. The summed E-state index contributed by atoms with van der Waals surface area (Å²) in [5.74, 6) is -0.138. The molecule has 0 N–H and O–H groups in total. The van der Waals surface area contributed by atoms with Crippen LogP contribution in [-0.2, 0) is 0 Å². The van der Waals surface area contributed by atoms with Gasteiger partial charge in [-0.25, -0.2) is 0 Å². The Hall–Kier alpha value is -3.26. The average Bonchev–Trinajstić information content (AvgIpc) is 2.72. The zero-order valence-corrected chi connectivity index (χ0v) is 16.6. The fourth-order valence-electron chi connectivity index (χ4n) is 3.86. The molecule has 0 unspecified atom stereocenters. The van der Waals surface area contributed by atoms with E-state index in [0.29, 0.717) is 22.3 Å². The van der Waals surface area contributed by atoms with Crippen LogP contribution < -0.4 is 0 Å². The van der Waals surface area contributed by atoms with Gasteiger partial charge in [0.05, 0.1) is 0 Å². The van der Waals surface area contributed by atoms with E-state index in [9.17, 15) is 9.59 Å². The largest absolute Gasteiger partial charge is 0.289 e. The molecule has 2 nitrogen and oxygen atoms in total. The minimum absolute atomic E-state index is 0.0690. The summed E-state index contributed by atoms with van der Waals surface area (Å²) in [7, 11) is 0. The number of carbonyl (C=O) groups is 2. The lowest BCUT2D eigenvalue weighted by atomic mass is 9.81. The lowest BCUT2D eigenvalue weighted by Gasteiger charge is -2.19. The molecule has 28 heavy (non-hydrogen) atoms. The van der Waals surface area contributed by atoms with Crippen molar-refractivity contribution in [2.75, 3.05) is 0 Å². The Bertz CT molecular complexity index is 1180. The van der Waals surface area contributed by atoms with Crippen molar-refractivity contribution in [2.45, 2.75) is 27.7 Å². The van der Waals surface area contributed by atoms with Gasteiger partial charge in [-0.15, -0.1) is 0 Å². The maximum absolute atomic E-state index is 13.1. The van der Waals surface area contributed by atoms with Gasteiger partial charge in [-0.1, -0.05) is 50.2 Å². The van der Waals surface area contributed by atoms with E-state index in [1.807, 2.05) is 62.4 Å². The van der Waals surface area contributed by atoms with Crippen molar-refractivity contribution in [2.24, 2.45) is 0 Å². The third-order valence-corrected chi connectivity index (χ3v) is 5.45. The first-order valence-corrected chi connectivity index (χ1v) is 9.70. The molecule has 1 aliphatic rings. The molecule has 0 fully saturated rings. The van der Waals surface area contributed by atoms with Gasteiger partial charge in [0.1, 0.15) is 0 Å². The van der Waals surface area contributed by atoms with Crippen molar-refractivity contribution in [1.82, 2.24) is 0 Å². The molecule has 0 atom stereocenters.